The van der Waals surface area contributed by atoms with Gasteiger partial charge in [-0.15, -0.1) is 11.3 Å². The SMILES string of the molecule is Cc1csc(CCCNC(=O)N2CCSCC[C@H]2C)n1. The van der Waals surface area contributed by atoms with E-state index in [1.54, 1.807) is 11.3 Å². The number of amides is 2. The third-order valence-electron chi connectivity index (χ3n) is 3.46. The van der Waals surface area contributed by atoms with Crippen molar-refractivity contribution in [3.8, 4) is 0 Å². The van der Waals surface area contributed by atoms with Crippen LogP contribution < -0.4 is 5.32 Å². The Morgan fingerprint density at radius 3 is 3.15 bits per heavy atom. The molecule has 1 aliphatic rings. The summed E-state index contributed by atoms with van der Waals surface area (Å²) in [5.41, 5.74) is 1.09. The lowest BCUT2D eigenvalue weighted by Gasteiger charge is -2.27. The zero-order valence-electron chi connectivity index (χ0n) is 12.2. The van der Waals surface area contributed by atoms with E-state index in [2.05, 4.69) is 22.6 Å². The molecule has 0 aliphatic carbocycles. The summed E-state index contributed by atoms with van der Waals surface area (Å²) < 4.78 is 0. The van der Waals surface area contributed by atoms with Crippen LogP contribution >= 0.6 is 23.1 Å². The van der Waals surface area contributed by atoms with Gasteiger partial charge in [0, 0.05) is 42.4 Å². The van der Waals surface area contributed by atoms with Gasteiger partial charge in [0.2, 0.25) is 0 Å². The number of nitrogens with one attached hydrogen (secondary N) is 1. The molecule has 1 N–H and O–H groups in total. The average Bonchev–Trinajstić information content (AvgIpc) is 2.71. The van der Waals surface area contributed by atoms with Crippen molar-refractivity contribution in [1.29, 1.82) is 0 Å². The van der Waals surface area contributed by atoms with Gasteiger partial charge in [-0.25, -0.2) is 9.78 Å². The van der Waals surface area contributed by atoms with E-state index in [1.807, 2.05) is 23.6 Å². The zero-order valence-corrected chi connectivity index (χ0v) is 13.9. The second kappa shape index (κ2) is 7.88. The highest BCUT2D eigenvalue weighted by atomic mass is 32.2. The molecule has 1 saturated heterocycles. The summed E-state index contributed by atoms with van der Waals surface area (Å²) in [5.74, 6) is 2.21. The lowest BCUT2D eigenvalue weighted by atomic mass is 10.2. The van der Waals surface area contributed by atoms with Gasteiger partial charge in [-0.1, -0.05) is 0 Å². The van der Waals surface area contributed by atoms with Gasteiger partial charge in [0.1, 0.15) is 0 Å². The van der Waals surface area contributed by atoms with Crippen LogP contribution in [0.2, 0.25) is 0 Å². The first-order valence-corrected chi connectivity index (χ1v) is 9.23. The molecule has 0 radical (unpaired) electrons. The number of aromatic nitrogens is 1. The van der Waals surface area contributed by atoms with Crippen molar-refractivity contribution in [2.75, 3.05) is 24.6 Å². The Labute approximate surface area is 129 Å². The summed E-state index contributed by atoms with van der Waals surface area (Å²) in [6, 6.07) is 0.446. The molecule has 2 heterocycles. The summed E-state index contributed by atoms with van der Waals surface area (Å²) in [7, 11) is 0. The maximum Gasteiger partial charge on any atom is 0.317 e. The Hall–Kier alpha value is -0.750. The molecule has 0 saturated carbocycles. The minimum Gasteiger partial charge on any atom is -0.338 e. The maximum absolute atomic E-state index is 12.2. The number of thioether (sulfide) groups is 1. The summed E-state index contributed by atoms with van der Waals surface area (Å²) >= 11 is 3.64. The Kier molecular flexibility index (Phi) is 6.16. The van der Waals surface area contributed by atoms with Gasteiger partial charge in [-0.05, 0) is 32.4 Å². The third kappa shape index (κ3) is 4.66. The molecule has 0 aromatic carbocycles. The molecule has 0 bridgehead atoms. The molecule has 1 aliphatic heterocycles. The van der Waals surface area contributed by atoms with Gasteiger partial charge in [0.15, 0.2) is 0 Å². The van der Waals surface area contributed by atoms with E-state index in [9.17, 15) is 4.79 Å². The van der Waals surface area contributed by atoms with Gasteiger partial charge in [-0.2, -0.15) is 11.8 Å². The van der Waals surface area contributed by atoms with Gasteiger partial charge >= 0.3 is 6.03 Å². The molecule has 0 spiro atoms. The molecule has 0 unspecified atom stereocenters. The van der Waals surface area contributed by atoms with E-state index in [0.717, 1.165) is 54.6 Å². The standard InChI is InChI=1S/C14H23N3OS2/c1-11-10-20-13(16-11)4-3-6-15-14(18)17-7-9-19-8-5-12(17)2/h10,12H,3-9H2,1-2H3,(H,15,18)/t12-/m1/s1. The molecule has 1 fully saturated rings. The van der Waals surface area contributed by atoms with Gasteiger partial charge in [0.25, 0.3) is 0 Å². The van der Waals surface area contributed by atoms with Crippen LogP contribution in [0.15, 0.2) is 5.38 Å². The molecule has 6 heteroatoms. The van der Waals surface area contributed by atoms with Crippen molar-refractivity contribution in [3.05, 3.63) is 16.1 Å². The smallest absolute Gasteiger partial charge is 0.317 e. The predicted octanol–water partition coefficient (Wildman–Crippen LogP) is 2.92. The second-order valence-corrected chi connectivity index (χ2v) is 7.33. The van der Waals surface area contributed by atoms with Gasteiger partial charge in [0.05, 0.1) is 5.01 Å². The summed E-state index contributed by atoms with van der Waals surface area (Å²) in [5, 5.41) is 6.28. The predicted molar refractivity (Wildman–Crippen MR) is 86.7 cm³/mol. The molecule has 2 rings (SSSR count). The van der Waals surface area contributed by atoms with Crippen molar-refractivity contribution in [2.24, 2.45) is 0 Å². The van der Waals surface area contributed by atoms with Crippen molar-refractivity contribution in [1.82, 2.24) is 15.2 Å². The lowest BCUT2D eigenvalue weighted by Crippen LogP contribution is -2.45. The van der Waals surface area contributed by atoms with E-state index >= 15 is 0 Å². The van der Waals surface area contributed by atoms with Crippen molar-refractivity contribution < 1.29 is 4.79 Å². The number of thiazole rings is 1. The first kappa shape index (κ1) is 15.6. The molecular formula is C14H23N3OS2. The van der Waals surface area contributed by atoms with Crippen LogP contribution in [0, 0.1) is 6.92 Å². The minimum absolute atomic E-state index is 0.0929. The summed E-state index contributed by atoms with van der Waals surface area (Å²) in [4.78, 5) is 18.6. The Bertz CT molecular complexity index is 436. The summed E-state index contributed by atoms with van der Waals surface area (Å²) in [6.45, 7) is 5.75. The molecular weight excluding hydrogens is 290 g/mol. The van der Waals surface area contributed by atoms with E-state index in [1.165, 1.54) is 0 Å². The maximum atomic E-state index is 12.2. The first-order chi connectivity index (χ1) is 9.66. The van der Waals surface area contributed by atoms with E-state index in [0.29, 0.717) is 6.04 Å². The number of urea groups is 1. The Balaban J connectivity index is 1.68. The highest BCUT2D eigenvalue weighted by Gasteiger charge is 2.21. The molecule has 2 amide bonds. The average molecular weight is 313 g/mol. The molecule has 112 valence electrons. The number of hydrogen-bond donors (Lipinski definition) is 1. The van der Waals surface area contributed by atoms with Gasteiger partial charge in [-0.3, -0.25) is 0 Å². The van der Waals surface area contributed by atoms with Crippen LogP contribution in [0.1, 0.15) is 30.5 Å². The van der Waals surface area contributed by atoms with Crippen LogP contribution in [-0.4, -0.2) is 46.6 Å². The number of hydrogen-bond acceptors (Lipinski definition) is 4. The highest BCUT2D eigenvalue weighted by molar-refractivity contribution is 7.99. The number of aryl methyl sites for hydroxylation is 2. The van der Waals surface area contributed by atoms with Crippen LogP contribution in [0.3, 0.4) is 0 Å². The zero-order chi connectivity index (χ0) is 14.4. The van der Waals surface area contributed by atoms with Gasteiger partial charge < -0.3 is 10.2 Å². The normalized spacial score (nSPS) is 19.7. The van der Waals surface area contributed by atoms with Crippen LogP contribution in [0.25, 0.3) is 0 Å². The van der Waals surface area contributed by atoms with Crippen LogP contribution in [0.5, 0.6) is 0 Å². The Morgan fingerprint density at radius 2 is 2.40 bits per heavy atom. The number of rotatable bonds is 4. The fourth-order valence-corrected chi connectivity index (χ4v) is 4.11. The monoisotopic (exact) mass is 313 g/mol. The number of carbonyl (C=O) groups is 1. The molecule has 1 atom stereocenters. The minimum atomic E-state index is 0.0929. The quantitative estimate of drug-likeness (QED) is 0.869. The highest BCUT2D eigenvalue weighted by Crippen LogP contribution is 2.16. The number of carbonyl (C=O) groups excluding carboxylic acids is 1. The Morgan fingerprint density at radius 1 is 1.55 bits per heavy atom. The largest absolute Gasteiger partial charge is 0.338 e. The summed E-state index contributed by atoms with van der Waals surface area (Å²) in [6.07, 6.45) is 3.00. The van der Waals surface area contributed by atoms with E-state index in [-0.39, 0.29) is 6.03 Å². The van der Waals surface area contributed by atoms with Crippen molar-refractivity contribution >= 4 is 29.1 Å². The van der Waals surface area contributed by atoms with E-state index < -0.39 is 0 Å². The molecule has 1 aromatic rings. The number of nitrogens with zero attached hydrogens (tertiary/aromatic N) is 2. The van der Waals surface area contributed by atoms with Crippen LogP contribution in [-0.2, 0) is 6.42 Å². The first-order valence-electron chi connectivity index (χ1n) is 7.20. The second-order valence-electron chi connectivity index (χ2n) is 5.16. The molecule has 20 heavy (non-hydrogen) atoms. The fourth-order valence-electron chi connectivity index (χ4n) is 2.25. The van der Waals surface area contributed by atoms with E-state index in [4.69, 9.17) is 0 Å². The lowest BCUT2D eigenvalue weighted by molar-refractivity contribution is 0.183. The fraction of sp³-hybridized carbons (Fsp3) is 0.714. The molecule has 1 aromatic heterocycles. The topological polar surface area (TPSA) is 45.2 Å². The molecule has 4 nitrogen and oxygen atoms in total. The van der Waals surface area contributed by atoms with Crippen LogP contribution in [0.4, 0.5) is 4.79 Å². The third-order valence-corrected chi connectivity index (χ3v) is 5.48. The van der Waals surface area contributed by atoms with Crippen molar-refractivity contribution in [3.63, 3.8) is 0 Å². The van der Waals surface area contributed by atoms with Crippen molar-refractivity contribution in [2.45, 2.75) is 39.2 Å².